The Kier molecular flexibility index (Phi) is 8.67. The number of anilines is 5. The lowest BCUT2D eigenvalue weighted by atomic mass is 9.91. The van der Waals surface area contributed by atoms with E-state index < -0.39 is 0 Å². The average molecular weight is 791 g/mol. The van der Waals surface area contributed by atoms with E-state index in [0.29, 0.717) is 5.92 Å². The van der Waals surface area contributed by atoms with Crippen LogP contribution in [0.3, 0.4) is 0 Å². The monoisotopic (exact) mass is 790 g/mol. The fraction of sp³-hybridized carbons (Fsp3) is 0.0333. The minimum Gasteiger partial charge on any atom is -0.333 e. The molecule has 2 heteroatoms. The summed E-state index contributed by atoms with van der Waals surface area (Å²) in [5.74, 6) is 0.366. The molecule has 0 spiro atoms. The molecule has 0 fully saturated rings. The summed E-state index contributed by atoms with van der Waals surface area (Å²) in [7, 11) is 0. The number of rotatable bonds is 7. The number of para-hydroxylation sites is 1. The predicted molar refractivity (Wildman–Crippen MR) is 263 cm³/mol. The second-order valence-corrected chi connectivity index (χ2v) is 16.4. The van der Waals surface area contributed by atoms with Crippen LogP contribution < -0.4 is 9.80 Å². The third-order valence-electron chi connectivity index (χ3n) is 13.0. The van der Waals surface area contributed by atoms with E-state index in [0.717, 1.165) is 17.1 Å². The van der Waals surface area contributed by atoms with Gasteiger partial charge in [0.1, 0.15) is 0 Å². The molecule has 2 nitrogen and oxygen atoms in total. The predicted octanol–water partition coefficient (Wildman–Crippen LogP) is 16.3. The van der Waals surface area contributed by atoms with Gasteiger partial charge in [0.15, 0.2) is 0 Å². The van der Waals surface area contributed by atoms with Gasteiger partial charge < -0.3 is 9.80 Å². The van der Waals surface area contributed by atoms with E-state index in [9.17, 15) is 0 Å². The fourth-order valence-electron chi connectivity index (χ4n) is 10.1. The first-order valence-electron chi connectivity index (χ1n) is 21.6. The van der Waals surface area contributed by atoms with Gasteiger partial charge in [-0.05, 0) is 114 Å². The highest BCUT2D eigenvalue weighted by Crippen LogP contribution is 2.48. The molecule has 0 amide bonds. The summed E-state index contributed by atoms with van der Waals surface area (Å²) in [5.41, 5.74) is 14.5. The Morgan fingerprint density at radius 1 is 0.371 bits per heavy atom. The maximum atomic E-state index is 2.49. The second-order valence-electron chi connectivity index (χ2n) is 16.4. The summed E-state index contributed by atoms with van der Waals surface area (Å²) in [6.45, 7) is 0. The molecule has 62 heavy (non-hydrogen) atoms. The van der Waals surface area contributed by atoms with E-state index in [1.54, 1.807) is 0 Å². The number of allylic oxidation sites excluding steroid dienone is 2. The quantitative estimate of drug-likeness (QED) is 0.159. The molecule has 0 saturated heterocycles. The molecule has 2 unspecified atom stereocenters. The number of fused-ring (bicyclic) bond motifs is 6. The lowest BCUT2D eigenvalue weighted by molar-refractivity contribution is 0.745. The average Bonchev–Trinajstić information content (AvgIpc) is 3.68. The summed E-state index contributed by atoms with van der Waals surface area (Å²) >= 11 is 0. The van der Waals surface area contributed by atoms with Crippen molar-refractivity contribution in [2.45, 2.75) is 12.0 Å². The normalized spacial score (nSPS) is 15.3. The third-order valence-corrected chi connectivity index (χ3v) is 13.0. The van der Waals surface area contributed by atoms with Crippen LogP contribution in [0.5, 0.6) is 0 Å². The van der Waals surface area contributed by atoms with Crippen molar-refractivity contribution in [1.82, 2.24) is 0 Å². The van der Waals surface area contributed by atoms with Crippen LogP contribution in [0.2, 0.25) is 0 Å². The highest BCUT2D eigenvalue weighted by atomic mass is 15.2. The van der Waals surface area contributed by atoms with Gasteiger partial charge in [-0.1, -0.05) is 194 Å². The summed E-state index contributed by atoms with van der Waals surface area (Å²) < 4.78 is 0. The topological polar surface area (TPSA) is 6.48 Å². The molecule has 2 atom stereocenters. The summed E-state index contributed by atoms with van der Waals surface area (Å²) in [6, 6.07) is 80.4. The van der Waals surface area contributed by atoms with Gasteiger partial charge in [0, 0.05) is 34.1 Å². The molecule has 1 aliphatic carbocycles. The number of benzene rings is 10. The molecular weight excluding hydrogens is 749 g/mol. The van der Waals surface area contributed by atoms with E-state index in [1.165, 1.54) is 82.6 Å². The Morgan fingerprint density at radius 2 is 0.952 bits per heavy atom. The van der Waals surface area contributed by atoms with Crippen LogP contribution in [-0.4, -0.2) is 6.04 Å². The van der Waals surface area contributed by atoms with Crippen molar-refractivity contribution in [2.75, 3.05) is 9.80 Å². The van der Waals surface area contributed by atoms with Crippen molar-refractivity contribution in [1.29, 1.82) is 0 Å². The lowest BCUT2D eigenvalue weighted by Gasteiger charge is -2.29. The molecule has 0 bridgehead atoms. The largest absolute Gasteiger partial charge is 0.333 e. The highest BCUT2D eigenvalue weighted by molar-refractivity contribution is 6.10. The van der Waals surface area contributed by atoms with Crippen molar-refractivity contribution in [2.24, 2.45) is 0 Å². The Balaban J connectivity index is 0.964. The molecule has 0 saturated carbocycles. The molecule has 0 aromatic heterocycles. The lowest BCUT2D eigenvalue weighted by Crippen LogP contribution is -2.28. The smallest absolute Gasteiger partial charge is 0.0629 e. The molecule has 10 aromatic carbocycles. The van der Waals surface area contributed by atoms with Crippen LogP contribution in [0.15, 0.2) is 243 Å². The number of nitrogens with zero attached hydrogens (tertiary/aromatic N) is 2. The fourth-order valence-corrected chi connectivity index (χ4v) is 10.1. The van der Waals surface area contributed by atoms with Crippen molar-refractivity contribution in [3.63, 3.8) is 0 Å². The SMILES string of the molecule is C1=CC2c3ccccc3N(c3ccc(-c4ccc(N(c5cccc(-c6cccc7ccccc67)c5)c5ccc(-c6cccc7ccccc67)c6ccccc56)cc4)cc3)C2C=C1. The van der Waals surface area contributed by atoms with Gasteiger partial charge in [0.05, 0.1) is 11.7 Å². The van der Waals surface area contributed by atoms with Gasteiger partial charge in [-0.3, -0.25) is 0 Å². The van der Waals surface area contributed by atoms with Crippen LogP contribution in [0.1, 0.15) is 11.5 Å². The van der Waals surface area contributed by atoms with Crippen molar-refractivity contribution < 1.29 is 0 Å². The molecule has 10 aromatic rings. The van der Waals surface area contributed by atoms with Crippen molar-refractivity contribution in [3.05, 3.63) is 248 Å². The van der Waals surface area contributed by atoms with E-state index in [2.05, 4.69) is 252 Å². The van der Waals surface area contributed by atoms with Gasteiger partial charge >= 0.3 is 0 Å². The van der Waals surface area contributed by atoms with Crippen LogP contribution in [0.4, 0.5) is 28.4 Å². The van der Waals surface area contributed by atoms with Gasteiger partial charge in [0.2, 0.25) is 0 Å². The molecule has 2 aliphatic rings. The van der Waals surface area contributed by atoms with Gasteiger partial charge in [0.25, 0.3) is 0 Å². The molecule has 1 heterocycles. The van der Waals surface area contributed by atoms with Crippen molar-refractivity contribution in [3.8, 4) is 33.4 Å². The zero-order chi connectivity index (χ0) is 41.0. The summed E-state index contributed by atoms with van der Waals surface area (Å²) in [6.07, 6.45) is 9.04. The molecule has 12 rings (SSSR count). The third kappa shape index (κ3) is 6.03. The first kappa shape index (κ1) is 36.0. The van der Waals surface area contributed by atoms with E-state index in [1.807, 2.05) is 0 Å². The summed E-state index contributed by atoms with van der Waals surface area (Å²) in [4.78, 5) is 4.93. The Hall–Kier alpha value is -7.94. The van der Waals surface area contributed by atoms with E-state index in [-0.39, 0.29) is 6.04 Å². The zero-order valence-corrected chi connectivity index (χ0v) is 34.1. The Bertz CT molecular complexity index is 3360. The molecule has 0 radical (unpaired) electrons. The van der Waals surface area contributed by atoms with Crippen LogP contribution >= 0.6 is 0 Å². The minimum absolute atomic E-state index is 0.282. The molecule has 1 aliphatic heterocycles. The summed E-state index contributed by atoms with van der Waals surface area (Å²) in [5, 5.41) is 7.41. The van der Waals surface area contributed by atoms with Gasteiger partial charge in [-0.25, -0.2) is 0 Å². The van der Waals surface area contributed by atoms with E-state index in [4.69, 9.17) is 0 Å². The first-order chi connectivity index (χ1) is 30.8. The Morgan fingerprint density at radius 3 is 1.73 bits per heavy atom. The second kappa shape index (κ2) is 15.0. The molecule has 0 N–H and O–H groups in total. The molecule has 292 valence electrons. The van der Waals surface area contributed by atoms with Gasteiger partial charge in [-0.2, -0.15) is 0 Å². The van der Waals surface area contributed by atoms with E-state index >= 15 is 0 Å². The van der Waals surface area contributed by atoms with Crippen LogP contribution in [0.25, 0.3) is 65.7 Å². The van der Waals surface area contributed by atoms with Gasteiger partial charge in [-0.15, -0.1) is 0 Å². The maximum absolute atomic E-state index is 2.49. The first-order valence-corrected chi connectivity index (χ1v) is 21.6. The van der Waals surface area contributed by atoms with Crippen molar-refractivity contribution >= 4 is 60.8 Å². The van der Waals surface area contributed by atoms with Crippen LogP contribution in [0, 0.1) is 0 Å². The maximum Gasteiger partial charge on any atom is 0.0629 e. The number of hydrogen-bond donors (Lipinski definition) is 0. The standard InChI is InChI=1S/C60H42N2/c1-3-20-49-43(14-1)16-12-26-51(49)45-18-11-19-48(40-45)61(60-39-38-54(53-22-5-6-23-55(53)60)52-27-13-17-44-15-2-4-21-50(44)52)46-34-30-41(31-35-46)42-32-36-47(37-33-42)62-58-28-9-7-24-56(58)57-25-8-10-29-59(57)62/h1-40,56,58H. The van der Waals surface area contributed by atoms with Crippen LogP contribution in [-0.2, 0) is 0 Å². The highest BCUT2D eigenvalue weighted by Gasteiger charge is 2.37. The zero-order valence-electron chi connectivity index (χ0n) is 34.1. The Labute approximate surface area is 362 Å². The number of hydrogen-bond acceptors (Lipinski definition) is 2. The minimum atomic E-state index is 0.282. The molecular formula is C60H42N2.